The topological polar surface area (TPSA) is 70.2 Å². The summed E-state index contributed by atoms with van der Waals surface area (Å²) in [6.07, 6.45) is 5.55. The second kappa shape index (κ2) is 8.72. The van der Waals surface area contributed by atoms with Crippen LogP contribution in [0.2, 0.25) is 0 Å². The molecule has 6 nitrogen and oxygen atoms in total. The van der Waals surface area contributed by atoms with Crippen LogP contribution in [0, 0.1) is 0 Å². The molecule has 0 aliphatic carbocycles. The van der Waals surface area contributed by atoms with Crippen LogP contribution in [-0.4, -0.2) is 59.2 Å². The number of rotatable bonds is 2. The van der Waals surface area contributed by atoms with Crippen LogP contribution < -0.4 is 5.32 Å². The van der Waals surface area contributed by atoms with Gasteiger partial charge >= 0.3 is 0 Å². The van der Waals surface area contributed by atoms with E-state index >= 15 is 0 Å². The number of carbonyl (C=O) groups is 1. The molecule has 8 heteroatoms. The molecule has 126 valence electrons. The number of ether oxygens (including phenoxy) is 1. The zero-order chi connectivity index (χ0) is 13.9. The number of H-pyrrole nitrogens is 1. The number of likely N-dealkylation sites (tertiary alicyclic amines) is 1. The van der Waals surface area contributed by atoms with Crippen molar-refractivity contribution in [3.8, 4) is 0 Å². The summed E-state index contributed by atoms with van der Waals surface area (Å²) in [7, 11) is 0. The number of amides is 1. The van der Waals surface area contributed by atoms with Gasteiger partial charge in [-0.1, -0.05) is 0 Å². The number of nitrogens with zero attached hydrogens (tertiary/aromatic N) is 2. The predicted octanol–water partition coefficient (Wildman–Crippen LogP) is 1.34. The van der Waals surface area contributed by atoms with E-state index in [1.165, 1.54) is 0 Å². The van der Waals surface area contributed by atoms with Crippen LogP contribution in [0.15, 0.2) is 12.4 Å². The summed E-state index contributed by atoms with van der Waals surface area (Å²) in [5, 5.41) is 3.27. The van der Waals surface area contributed by atoms with E-state index in [0.717, 1.165) is 38.3 Å². The minimum absolute atomic E-state index is 0. The first-order chi connectivity index (χ1) is 9.75. The lowest BCUT2D eigenvalue weighted by molar-refractivity contribution is -0.140. The predicted molar refractivity (Wildman–Crippen MR) is 88.8 cm³/mol. The molecule has 0 unspecified atom stereocenters. The van der Waals surface area contributed by atoms with Crippen molar-refractivity contribution in [2.24, 2.45) is 0 Å². The van der Waals surface area contributed by atoms with E-state index < -0.39 is 0 Å². The van der Waals surface area contributed by atoms with Gasteiger partial charge in [0.1, 0.15) is 11.9 Å². The number of nitrogens with one attached hydrogen (secondary N) is 2. The van der Waals surface area contributed by atoms with Gasteiger partial charge in [-0.25, -0.2) is 4.98 Å². The summed E-state index contributed by atoms with van der Waals surface area (Å²) in [5.41, 5.74) is 0. The molecular weight excluding hydrogens is 327 g/mol. The van der Waals surface area contributed by atoms with Gasteiger partial charge in [-0.3, -0.25) is 4.79 Å². The van der Waals surface area contributed by atoms with Gasteiger partial charge in [0.2, 0.25) is 5.91 Å². The molecule has 2 fully saturated rings. The van der Waals surface area contributed by atoms with Gasteiger partial charge in [-0.2, -0.15) is 0 Å². The monoisotopic (exact) mass is 350 g/mol. The van der Waals surface area contributed by atoms with Gasteiger partial charge in [0.05, 0.1) is 12.7 Å². The highest BCUT2D eigenvalue weighted by atomic mass is 35.5. The van der Waals surface area contributed by atoms with Gasteiger partial charge in [0.15, 0.2) is 0 Å². The van der Waals surface area contributed by atoms with E-state index in [-0.39, 0.29) is 42.9 Å². The van der Waals surface area contributed by atoms with Gasteiger partial charge in [-0.05, 0) is 19.8 Å². The third kappa shape index (κ3) is 4.13. The number of hydrogen-bond donors (Lipinski definition) is 2. The molecule has 2 N–H and O–H groups in total. The molecule has 2 saturated heterocycles. The zero-order valence-electron chi connectivity index (χ0n) is 12.7. The van der Waals surface area contributed by atoms with Gasteiger partial charge in [0, 0.05) is 37.9 Å². The molecule has 1 aromatic heterocycles. The minimum Gasteiger partial charge on any atom is -0.375 e. The third-order valence-corrected chi connectivity index (χ3v) is 4.30. The maximum absolute atomic E-state index is 12.5. The van der Waals surface area contributed by atoms with Crippen LogP contribution in [0.3, 0.4) is 0 Å². The first-order valence-electron chi connectivity index (χ1n) is 7.39. The summed E-state index contributed by atoms with van der Waals surface area (Å²) in [6, 6.07) is -0.191. The van der Waals surface area contributed by atoms with Crippen molar-refractivity contribution in [3.05, 3.63) is 18.2 Å². The van der Waals surface area contributed by atoms with Crippen LogP contribution in [-0.2, 0) is 9.53 Å². The highest BCUT2D eigenvalue weighted by Crippen LogP contribution is 2.26. The van der Waals surface area contributed by atoms with Crippen molar-refractivity contribution in [2.75, 3.05) is 26.2 Å². The van der Waals surface area contributed by atoms with Gasteiger partial charge < -0.3 is 19.9 Å². The van der Waals surface area contributed by atoms with Crippen molar-refractivity contribution in [2.45, 2.75) is 37.8 Å². The van der Waals surface area contributed by atoms with E-state index in [1.54, 1.807) is 6.20 Å². The highest BCUT2D eigenvalue weighted by molar-refractivity contribution is 5.85. The largest absolute Gasteiger partial charge is 0.375 e. The molecule has 2 aliphatic heterocycles. The molecule has 1 amide bonds. The van der Waals surface area contributed by atoms with E-state index in [4.69, 9.17) is 4.74 Å². The minimum atomic E-state index is -0.191. The first kappa shape index (κ1) is 19.2. The molecule has 22 heavy (non-hydrogen) atoms. The molecule has 3 heterocycles. The number of aromatic amines is 1. The molecule has 0 saturated carbocycles. The van der Waals surface area contributed by atoms with Crippen LogP contribution in [0.5, 0.6) is 0 Å². The Kier molecular flexibility index (Phi) is 7.62. The fourth-order valence-corrected chi connectivity index (χ4v) is 3.08. The second-order valence-electron chi connectivity index (χ2n) is 5.58. The number of halogens is 2. The van der Waals surface area contributed by atoms with Crippen molar-refractivity contribution in [1.29, 1.82) is 0 Å². The molecule has 1 aromatic rings. The molecular formula is C14H24Cl2N4O2. The second-order valence-corrected chi connectivity index (χ2v) is 5.58. The van der Waals surface area contributed by atoms with Crippen LogP contribution >= 0.6 is 24.8 Å². The Morgan fingerprint density at radius 2 is 2.09 bits per heavy atom. The first-order valence-corrected chi connectivity index (χ1v) is 7.39. The smallest absolute Gasteiger partial charge is 0.242 e. The molecule has 0 aromatic carbocycles. The molecule has 0 bridgehead atoms. The standard InChI is InChI=1S/C14H22N4O2.2ClH/c1-10-12(15-6-9-20-10)14(19)18-7-2-11(3-8-18)13-16-4-5-17-13;;/h4-5,10-12,15H,2-3,6-9H2,1H3,(H,16,17);2*1H/t10-,12+;;/m1../s1. The molecule has 2 atom stereocenters. The van der Waals surface area contributed by atoms with Crippen molar-refractivity contribution >= 4 is 30.7 Å². The number of carbonyl (C=O) groups excluding carboxylic acids is 1. The summed E-state index contributed by atoms with van der Waals surface area (Å²) in [4.78, 5) is 22.0. The number of morpholine rings is 1. The van der Waals surface area contributed by atoms with Crippen LogP contribution in [0.25, 0.3) is 0 Å². The van der Waals surface area contributed by atoms with Crippen molar-refractivity contribution in [3.63, 3.8) is 0 Å². The van der Waals surface area contributed by atoms with Gasteiger partial charge in [0.25, 0.3) is 0 Å². The Labute approximate surface area is 143 Å². The molecule has 0 spiro atoms. The Balaban J connectivity index is 0.00000121. The lowest BCUT2D eigenvalue weighted by Crippen LogP contribution is -2.57. The van der Waals surface area contributed by atoms with Crippen molar-refractivity contribution < 1.29 is 9.53 Å². The zero-order valence-corrected chi connectivity index (χ0v) is 14.3. The summed E-state index contributed by atoms with van der Waals surface area (Å²) < 4.78 is 5.56. The maximum atomic E-state index is 12.5. The summed E-state index contributed by atoms with van der Waals surface area (Å²) in [6.45, 7) is 5.00. The van der Waals surface area contributed by atoms with E-state index in [0.29, 0.717) is 12.5 Å². The third-order valence-electron chi connectivity index (χ3n) is 4.30. The Hall–Kier alpha value is -0.820. The van der Waals surface area contributed by atoms with Crippen LogP contribution in [0.4, 0.5) is 0 Å². The van der Waals surface area contributed by atoms with Crippen molar-refractivity contribution in [1.82, 2.24) is 20.2 Å². The fourth-order valence-electron chi connectivity index (χ4n) is 3.08. The number of piperidine rings is 1. The van der Waals surface area contributed by atoms with Gasteiger partial charge in [-0.15, -0.1) is 24.8 Å². The Morgan fingerprint density at radius 1 is 1.36 bits per heavy atom. The molecule has 2 aliphatic rings. The number of imidazole rings is 1. The lowest BCUT2D eigenvalue weighted by atomic mass is 9.95. The highest BCUT2D eigenvalue weighted by Gasteiger charge is 2.34. The van der Waals surface area contributed by atoms with E-state index in [2.05, 4.69) is 15.3 Å². The molecule has 0 radical (unpaired) electrons. The maximum Gasteiger partial charge on any atom is 0.242 e. The Bertz CT molecular complexity index is 450. The average molecular weight is 351 g/mol. The average Bonchev–Trinajstić information content (AvgIpc) is 3.01. The lowest BCUT2D eigenvalue weighted by Gasteiger charge is -2.37. The Morgan fingerprint density at radius 3 is 2.68 bits per heavy atom. The normalized spacial score (nSPS) is 26.0. The number of aromatic nitrogens is 2. The van der Waals surface area contributed by atoms with E-state index in [1.807, 2.05) is 18.0 Å². The summed E-state index contributed by atoms with van der Waals surface area (Å²) >= 11 is 0. The quantitative estimate of drug-likeness (QED) is 0.844. The number of hydrogen-bond acceptors (Lipinski definition) is 4. The SMILES string of the molecule is C[C@H]1OCCN[C@@H]1C(=O)N1CCC(c2ncc[nH]2)CC1.Cl.Cl. The molecule has 3 rings (SSSR count). The van der Waals surface area contributed by atoms with E-state index in [9.17, 15) is 4.79 Å². The summed E-state index contributed by atoms with van der Waals surface area (Å²) in [5.74, 6) is 1.67. The van der Waals surface area contributed by atoms with Crippen LogP contribution in [0.1, 0.15) is 31.5 Å². The fraction of sp³-hybridized carbons (Fsp3) is 0.714.